The number of aliphatic hydroxyl groups excluding tert-OH is 1. The van der Waals surface area contributed by atoms with E-state index in [4.69, 9.17) is 19.9 Å². The Morgan fingerprint density at radius 2 is 1.89 bits per heavy atom. The lowest BCUT2D eigenvalue weighted by Gasteiger charge is -2.15. The molecule has 1 aromatic rings. The fourth-order valence-electron chi connectivity index (χ4n) is 1.30. The third-order valence-corrected chi connectivity index (χ3v) is 2.06. The molecule has 1 rings (SSSR count). The molecule has 0 bridgehead atoms. The molecule has 19 heavy (non-hydrogen) atoms. The van der Waals surface area contributed by atoms with Gasteiger partial charge in [0.15, 0.2) is 0 Å². The number of halogens is 3. The summed E-state index contributed by atoms with van der Waals surface area (Å²) in [6, 6.07) is 2.73. The first-order valence-electron chi connectivity index (χ1n) is 5.32. The standard InChI is InChI=1S/C10H12BF3O5/c12-10(13,14)8-6-7(19-11(16)17)2-3-9(8)18-5-1-4-15/h2-3,6,15-17H,1,4-5H2. The van der Waals surface area contributed by atoms with Crippen LogP contribution in [0.3, 0.4) is 0 Å². The van der Waals surface area contributed by atoms with E-state index >= 15 is 0 Å². The summed E-state index contributed by atoms with van der Waals surface area (Å²) in [4.78, 5) is 0. The molecule has 0 aliphatic rings. The van der Waals surface area contributed by atoms with Gasteiger partial charge in [-0.1, -0.05) is 0 Å². The van der Waals surface area contributed by atoms with Gasteiger partial charge >= 0.3 is 13.5 Å². The lowest BCUT2D eigenvalue weighted by molar-refractivity contribution is -0.139. The van der Waals surface area contributed by atoms with Crippen LogP contribution in [0.1, 0.15) is 12.0 Å². The summed E-state index contributed by atoms with van der Waals surface area (Å²) >= 11 is 0. The maximum Gasteiger partial charge on any atom is 0.707 e. The summed E-state index contributed by atoms with van der Waals surface area (Å²) in [6.45, 7) is -0.262. The molecule has 0 aliphatic heterocycles. The number of benzene rings is 1. The first-order valence-corrected chi connectivity index (χ1v) is 5.32. The topological polar surface area (TPSA) is 79.2 Å². The van der Waals surface area contributed by atoms with Crippen LogP contribution in [0.5, 0.6) is 11.5 Å². The van der Waals surface area contributed by atoms with Crippen LogP contribution in [-0.2, 0) is 6.18 Å². The molecule has 0 aromatic heterocycles. The Labute approximate surface area is 107 Å². The second-order valence-electron chi connectivity index (χ2n) is 3.53. The molecule has 9 heteroatoms. The first kappa shape index (κ1) is 15.6. The van der Waals surface area contributed by atoms with Crippen LogP contribution < -0.4 is 9.39 Å². The Morgan fingerprint density at radius 1 is 1.21 bits per heavy atom. The summed E-state index contributed by atoms with van der Waals surface area (Å²) in [5.74, 6) is -0.766. The second-order valence-corrected chi connectivity index (χ2v) is 3.53. The monoisotopic (exact) mass is 280 g/mol. The Morgan fingerprint density at radius 3 is 2.42 bits per heavy atom. The summed E-state index contributed by atoms with van der Waals surface area (Å²) in [7, 11) is -2.21. The minimum absolute atomic E-state index is 0.0671. The van der Waals surface area contributed by atoms with Crippen molar-refractivity contribution in [3.8, 4) is 11.5 Å². The van der Waals surface area contributed by atoms with E-state index < -0.39 is 24.8 Å². The van der Waals surface area contributed by atoms with Gasteiger partial charge in [0.2, 0.25) is 0 Å². The summed E-state index contributed by atoms with van der Waals surface area (Å²) < 4.78 is 47.5. The number of hydrogen-bond acceptors (Lipinski definition) is 5. The van der Waals surface area contributed by atoms with Gasteiger partial charge < -0.3 is 24.5 Å². The highest BCUT2D eigenvalue weighted by molar-refractivity contribution is 6.33. The Hall–Kier alpha value is -1.45. The van der Waals surface area contributed by atoms with E-state index in [1.165, 1.54) is 0 Å². The number of rotatable bonds is 6. The molecule has 3 N–H and O–H groups in total. The number of ether oxygens (including phenoxy) is 1. The molecule has 0 aliphatic carbocycles. The molecule has 0 radical (unpaired) electrons. The van der Waals surface area contributed by atoms with Gasteiger partial charge in [0.25, 0.3) is 0 Å². The highest BCUT2D eigenvalue weighted by atomic mass is 19.4. The molecule has 106 valence electrons. The van der Waals surface area contributed by atoms with Gasteiger partial charge in [0.1, 0.15) is 17.1 Å². The van der Waals surface area contributed by atoms with Crippen molar-refractivity contribution in [2.45, 2.75) is 12.6 Å². The van der Waals surface area contributed by atoms with Crippen molar-refractivity contribution >= 4 is 7.32 Å². The van der Waals surface area contributed by atoms with E-state index in [-0.39, 0.29) is 25.4 Å². The number of alkyl halides is 3. The predicted octanol–water partition coefficient (Wildman–Crippen LogP) is 0.815. The smallest absolute Gasteiger partial charge is 0.512 e. The van der Waals surface area contributed by atoms with Gasteiger partial charge in [-0.3, -0.25) is 0 Å². The lowest BCUT2D eigenvalue weighted by atomic mass is 10.1. The van der Waals surface area contributed by atoms with Gasteiger partial charge in [-0.15, -0.1) is 0 Å². The van der Waals surface area contributed by atoms with E-state index in [0.717, 1.165) is 12.1 Å². The first-order chi connectivity index (χ1) is 8.84. The summed E-state index contributed by atoms with van der Waals surface area (Å²) in [6.07, 6.45) is -4.47. The van der Waals surface area contributed by atoms with Gasteiger partial charge in [0.05, 0.1) is 6.61 Å². The minimum Gasteiger partial charge on any atom is -0.512 e. The molecule has 0 saturated carbocycles. The van der Waals surface area contributed by atoms with Crippen molar-refractivity contribution in [1.82, 2.24) is 0 Å². The van der Waals surface area contributed by atoms with E-state index in [9.17, 15) is 13.2 Å². The number of hydrogen-bond donors (Lipinski definition) is 3. The SMILES string of the molecule is OCCCOc1ccc(OB(O)O)cc1C(F)(F)F. The average molecular weight is 280 g/mol. The van der Waals surface area contributed by atoms with Crippen molar-refractivity contribution in [3.63, 3.8) is 0 Å². The van der Waals surface area contributed by atoms with Crippen molar-refractivity contribution in [2.75, 3.05) is 13.2 Å². The van der Waals surface area contributed by atoms with Crippen molar-refractivity contribution < 1.29 is 37.7 Å². The van der Waals surface area contributed by atoms with Crippen molar-refractivity contribution in [3.05, 3.63) is 23.8 Å². The van der Waals surface area contributed by atoms with E-state index in [1.54, 1.807) is 0 Å². The fourth-order valence-corrected chi connectivity index (χ4v) is 1.30. The van der Waals surface area contributed by atoms with Gasteiger partial charge in [-0.05, 0) is 18.2 Å². The molecule has 0 fully saturated rings. The minimum atomic E-state index is -4.67. The van der Waals surface area contributed by atoms with E-state index in [1.807, 2.05) is 0 Å². The van der Waals surface area contributed by atoms with Crippen LogP contribution >= 0.6 is 0 Å². The third kappa shape index (κ3) is 4.97. The van der Waals surface area contributed by atoms with Gasteiger partial charge in [-0.2, -0.15) is 13.2 Å². The quantitative estimate of drug-likeness (QED) is 0.531. The van der Waals surface area contributed by atoms with Crippen LogP contribution in [-0.4, -0.2) is 35.7 Å². The zero-order valence-electron chi connectivity index (χ0n) is 9.72. The van der Waals surface area contributed by atoms with Crippen molar-refractivity contribution in [2.24, 2.45) is 0 Å². The van der Waals surface area contributed by atoms with Gasteiger partial charge in [0, 0.05) is 13.0 Å². The summed E-state index contributed by atoms with van der Waals surface area (Å²) in [5, 5.41) is 25.6. The highest BCUT2D eigenvalue weighted by Gasteiger charge is 2.35. The zero-order chi connectivity index (χ0) is 14.5. The Kier molecular flexibility index (Phi) is 5.46. The van der Waals surface area contributed by atoms with Crippen LogP contribution in [0.25, 0.3) is 0 Å². The molecule has 1 aromatic carbocycles. The normalized spacial score (nSPS) is 11.3. The van der Waals surface area contributed by atoms with Crippen LogP contribution in [0.2, 0.25) is 0 Å². The van der Waals surface area contributed by atoms with Crippen LogP contribution in [0.4, 0.5) is 13.2 Å². The molecule has 0 unspecified atom stereocenters. The highest BCUT2D eigenvalue weighted by Crippen LogP contribution is 2.38. The van der Waals surface area contributed by atoms with Crippen LogP contribution in [0, 0.1) is 0 Å². The maximum atomic E-state index is 12.8. The molecule has 0 spiro atoms. The molecule has 0 saturated heterocycles. The largest absolute Gasteiger partial charge is 0.707 e. The molecular formula is C10H12BF3O5. The molecular weight excluding hydrogens is 268 g/mol. The van der Waals surface area contributed by atoms with Crippen LogP contribution in [0.15, 0.2) is 18.2 Å². The molecule has 0 atom stereocenters. The maximum absolute atomic E-state index is 12.8. The summed E-state index contributed by atoms with van der Waals surface area (Å²) in [5.41, 5.74) is -1.09. The van der Waals surface area contributed by atoms with Crippen molar-refractivity contribution in [1.29, 1.82) is 0 Å². The van der Waals surface area contributed by atoms with E-state index in [2.05, 4.69) is 4.65 Å². The lowest BCUT2D eigenvalue weighted by Crippen LogP contribution is -2.21. The second kappa shape index (κ2) is 6.64. The molecule has 5 nitrogen and oxygen atoms in total. The molecule has 0 heterocycles. The average Bonchev–Trinajstić information content (AvgIpc) is 2.29. The zero-order valence-corrected chi connectivity index (χ0v) is 9.72. The fraction of sp³-hybridized carbons (Fsp3) is 0.400. The Bertz CT molecular complexity index is 411. The number of aliphatic hydroxyl groups is 1. The molecule has 0 amide bonds. The van der Waals surface area contributed by atoms with E-state index in [0.29, 0.717) is 6.07 Å². The third-order valence-electron chi connectivity index (χ3n) is 2.06. The van der Waals surface area contributed by atoms with Gasteiger partial charge in [-0.25, -0.2) is 0 Å². The predicted molar refractivity (Wildman–Crippen MR) is 59.5 cm³/mol. The Balaban J connectivity index is 2.96.